The number of primary amides is 1. The molecular formula is C28H47N9O11. The number of nitrogens with one attached hydrogen (secondary N) is 7. The Morgan fingerprint density at radius 2 is 1.38 bits per heavy atom. The van der Waals surface area contributed by atoms with Crippen LogP contribution in [0.3, 0.4) is 0 Å². The van der Waals surface area contributed by atoms with Crippen LogP contribution in [0.2, 0.25) is 0 Å². The highest BCUT2D eigenvalue weighted by atomic mass is 16.7. The summed E-state index contributed by atoms with van der Waals surface area (Å²) in [6.07, 6.45) is -0.454. The second-order valence-corrected chi connectivity index (χ2v) is 11.6. The first-order valence-electron chi connectivity index (χ1n) is 15.4. The van der Waals surface area contributed by atoms with Gasteiger partial charge in [-0.05, 0) is 51.5 Å². The van der Waals surface area contributed by atoms with Crippen LogP contribution in [0.1, 0.15) is 65.7 Å². The lowest BCUT2D eigenvalue weighted by atomic mass is 10.0. The van der Waals surface area contributed by atoms with Crippen molar-refractivity contribution in [2.45, 2.75) is 95.9 Å². The van der Waals surface area contributed by atoms with Gasteiger partial charge in [0, 0.05) is 6.42 Å². The zero-order chi connectivity index (χ0) is 36.4. The summed E-state index contributed by atoms with van der Waals surface area (Å²) >= 11 is 0. The molecule has 0 radical (unpaired) electrons. The maximum atomic E-state index is 13.3. The summed E-state index contributed by atoms with van der Waals surface area (Å²) in [5, 5.41) is 23.5. The van der Waals surface area contributed by atoms with Crippen molar-refractivity contribution >= 4 is 53.2 Å². The zero-order valence-electron chi connectivity index (χ0n) is 27.2. The van der Waals surface area contributed by atoms with Crippen LogP contribution in [-0.2, 0) is 48.0 Å². The Morgan fingerprint density at radius 3 is 1.98 bits per heavy atom. The molecule has 20 heteroatoms. The smallest absolute Gasteiger partial charge is 0.305 e. The highest BCUT2D eigenvalue weighted by Crippen LogP contribution is 2.08. The molecule has 0 spiro atoms. The molecule has 0 saturated carbocycles. The van der Waals surface area contributed by atoms with Gasteiger partial charge in [0.2, 0.25) is 41.4 Å². The number of rotatable bonds is 11. The number of carbonyl (C=O) groups is 9. The minimum absolute atomic E-state index is 0.0808. The summed E-state index contributed by atoms with van der Waals surface area (Å²) in [4.78, 5) is 118. The molecule has 0 aromatic carbocycles. The van der Waals surface area contributed by atoms with Crippen LogP contribution >= 0.6 is 0 Å². The van der Waals surface area contributed by atoms with Crippen molar-refractivity contribution in [3.63, 3.8) is 0 Å². The van der Waals surface area contributed by atoms with Gasteiger partial charge in [0.25, 0.3) is 5.91 Å². The summed E-state index contributed by atoms with van der Waals surface area (Å²) in [5.41, 5.74) is 12.7. The van der Waals surface area contributed by atoms with E-state index < -0.39 is 103 Å². The first-order chi connectivity index (χ1) is 22.5. The molecule has 0 aromatic heterocycles. The van der Waals surface area contributed by atoms with E-state index in [1.165, 1.54) is 6.92 Å². The maximum Gasteiger partial charge on any atom is 0.305 e. The first-order valence-corrected chi connectivity index (χ1v) is 15.4. The molecule has 1 unspecified atom stereocenters. The van der Waals surface area contributed by atoms with E-state index in [0.29, 0.717) is 19.4 Å². The molecule has 48 heavy (non-hydrogen) atoms. The van der Waals surface area contributed by atoms with E-state index in [1.54, 1.807) is 13.8 Å². The van der Waals surface area contributed by atoms with Gasteiger partial charge >= 0.3 is 5.97 Å². The standard InChI is InChI=1S/C28H47N9O11/c1-14(2)10-18-25(44)31-12-21(39)33-16(6-4-5-9-29)26(45)32-15(3)24(43)37-48-13-22(40)34-19(11-23(41)42)28(47)35-17(27(46)36-18)7-8-20(30)38/h14-19H,4-13,29H2,1-3H3,(H2,30,38)(H,31,44)(H,32,45)(H,33,39)(H,34,40)(H,35,47)(H,36,46)(H,37,43)(H,41,42)/t15-,16?,17-,18-,19-/m0/s1. The lowest BCUT2D eigenvalue weighted by Crippen LogP contribution is -2.58. The molecule has 1 saturated heterocycles. The minimum atomic E-state index is -1.74. The molecule has 0 aliphatic carbocycles. The molecule has 1 rings (SSSR count). The largest absolute Gasteiger partial charge is 0.481 e. The summed E-state index contributed by atoms with van der Waals surface area (Å²) in [6.45, 7) is 3.68. The molecule has 0 aromatic rings. The van der Waals surface area contributed by atoms with Crippen LogP contribution in [0.15, 0.2) is 0 Å². The normalized spacial score (nSPS) is 24.4. The van der Waals surface area contributed by atoms with Crippen LogP contribution in [0.4, 0.5) is 0 Å². The Balaban J connectivity index is 3.41. The highest BCUT2D eigenvalue weighted by molar-refractivity contribution is 5.97. The molecule has 270 valence electrons. The van der Waals surface area contributed by atoms with E-state index in [-0.39, 0.29) is 31.6 Å². The average Bonchev–Trinajstić information content (AvgIpc) is 2.99. The van der Waals surface area contributed by atoms with Crippen molar-refractivity contribution in [3.05, 3.63) is 0 Å². The van der Waals surface area contributed by atoms with E-state index in [0.717, 1.165) is 0 Å². The molecule has 5 atom stereocenters. The van der Waals surface area contributed by atoms with Gasteiger partial charge in [-0.3, -0.25) is 48.0 Å². The Bertz CT molecular complexity index is 1200. The fourth-order valence-electron chi connectivity index (χ4n) is 4.36. The van der Waals surface area contributed by atoms with Gasteiger partial charge in [-0.15, -0.1) is 0 Å². The van der Waals surface area contributed by atoms with E-state index in [2.05, 4.69) is 31.9 Å². The number of amides is 8. The fourth-order valence-corrected chi connectivity index (χ4v) is 4.36. The average molecular weight is 686 g/mol. The van der Waals surface area contributed by atoms with Crippen LogP contribution in [0.5, 0.6) is 0 Å². The van der Waals surface area contributed by atoms with Crippen LogP contribution in [0.25, 0.3) is 0 Å². The molecule has 0 bridgehead atoms. The minimum Gasteiger partial charge on any atom is -0.481 e. The molecule has 1 aliphatic rings. The van der Waals surface area contributed by atoms with Gasteiger partial charge in [0.1, 0.15) is 30.2 Å². The number of carboxylic acid groups (broad SMARTS) is 1. The monoisotopic (exact) mass is 685 g/mol. The zero-order valence-corrected chi connectivity index (χ0v) is 27.2. The third-order valence-corrected chi connectivity index (χ3v) is 6.83. The highest BCUT2D eigenvalue weighted by Gasteiger charge is 2.32. The van der Waals surface area contributed by atoms with Gasteiger partial charge < -0.3 is 48.5 Å². The predicted molar refractivity (Wildman–Crippen MR) is 165 cm³/mol. The number of hydrogen-bond donors (Lipinski definition) is 10. The number of carbonyl (C=O) groups excluding carboxylic acids is 8. The Morgan fingerprint density at radius 1 is 0.792 bits per heavy atom. The van der Waals surface area contributed by atoms with Crippen LogP contribution in [-0.4, -0.2) is 108 Å². The van der Waals surface area contributed by atoms with E-state index in [1.807, 2.05) is 5.48 Å². The fraction of sp³-hybridized carbons (Fsp3) is 0.679. The maximum absolute atomic E-state index is 13.3. The van der Waals surface area contributed by atoms with Crippen molar-refractivity contribution in [3.8, 4) is 0 Å². The Labute approximate surface area is 276 Å². The first kappa shape index (κ1) is 41.2. The van der Waals surface area contributed by atoms with Gasteiger partial charge in [0.15, 0.2) is 6.61 Å². The second-order valence-electron chi connectivity index (χ2n) is 11.6. The van der Waals surface area contributed by atoms with Crippen LogP contribution < -0.4 is 48.8 Å². The molecule has 1 heterocycles. The van der Waals surface area contributed by atoms with E-state index in [9.17, 15) is 48.3 Å². The van der Waals surface area contributed by atoms with Crippen molar-refractivity contribution in [1.29, 1.82) is 0 Å². The Kier molecular flexibility index (Phi) is 18.1. The lowest BCUT2D eigenvalue weighted by Gasteiger charge is -2.26. The molecule has 20 nitrogen and oxygen atoms in total. The number of hydroxylamine groups is 1. The number of carboxylic acids is 1. The molecule has 1 aliphatic heterocycles. The number of aliphatic carboxylic acids is 1. The summed E-state index contributed by atoms with van der Waals surface area (Å²) in [7, 11) is 0. The van der Waals surface area contributed by atoms with Gasteiger partial charge in [-0.1, -0.05) is 13.8 Å². The number of hydrogen-bond acceptors (Lipinski definition) is 11. The third kappa shape index (κ3) is 16.1. The lowest BCUT2D eigenvalue weighted by molar-refractivity contribution is -0.144. The van der Waals surface area contributed by atoms with Gasteiger partial charge in [-0.2, -0.15) is 0 Å². The molecular weight excluding hydrogens is 638 g/mol. The molecule has 8 amide bonds. The topological polar surface area (TPSA) is 319 Å². The summed E-state index contributed by atoms with van der Waals surface area (Å²) in [5.74, 6) is -8.72. The second kappa shape index (κ2) is 21.1. The van der Waals surface area contributed by atoms with Crippen molar-refractivity contribution in [2.24, 2.45) is 17.4 Å². The third-order valence-electron chi connectivity index (χ3n) is 6.83. The molecule has 1 fully saturated rings. The van der Waals surface area contributed by atoms with Crippen molar-refractivity contribution < 1.29 is 53.1 Å². The van der Waals surface area contributed by atoms with Gasteiger partial charge in [0.05, 0.1) is 13.0 Å². The summed E-state index contributed by atoms with van der Waals surface area (Å²) in [6, 6.07) is -6.81. The summed E-state index contributed by atoms with van der Waals surface area (Å²) < 4.78 is 0. The number of unbranched alkanes of at least 4 members (excludes halogenated alkanes) is 1. The van der Waals surface area contributed by atoms with Gasteiger partial charge in [-0.25, -0.2) is 5.48 Å². The van der Waals surface area contributed by atoms with Crippen LogP contribution in [0, 0.1) is 5.92 Å². The SMILES string of the molecule is CC(C)C[C@@H]1NC(=O)[C@H](CCC(N)=O)NC(=O)[C@H](CC(=O)O)NC(=O)CONC(=O)[C@H](C)NC(=O)C(CCCCN)NC(=O)CNC1=O. The van der Waals surface area contributed by atoms with Crippen molar-refractivity contribution in [1.82, 2.24) is 37.4 Å². The predicted octanol–water partition coefficient (Wildman–Crippen LogP) is -4.48. The van der Waals surface area contributed by atoms with Crippen molar-refractivity contribution in [2.75, 3.05) is 19.7 Å². The Hall–Kier alpha value is -4.85. The van der Waals surface area contributed by atoms with E-state index >= 15 is 0 Å². The number of nitrogens with two attached hydrogens (primary N) is 2. The van der Waals surface area contributed by atoms with E-state index in [4.69, 9.17) is 16.3 Å². The quantitative estimate of drug-likeness (QED) is 0.0921. The molecule has 12 N–H and O–H groups in total.